The molecule has 112 valence electrons. The third-order valence-corrected chi connectivity index (χ3v) is 6.13. The highest BCUT2D eigenvalue weighted by molar-refractivity contribution is 8.00. The van der Waals surface area contributed by atoms with Crippen LogP contribution in [-0.2, 0) is 14.8 Å². The number of carbonyl (C=O) groups is 1. The maximum Gasteiger partial charge on any atom is 0.266 e. The molecule has 2 N–H and O–H groups in total. The van der Waals surface area contributed by atoms with E-state index in [1.807, 2.05) is 31.2 Å². The Balaban J connectivity index is 1.81. The fraction of sp³-hybridized carbons (Fsp3) is 0.154. The Kier molecular flexibility index (Phi) is 5.40. The van der Waals surface area contributed by atoms with E-state index in [1.54, 1.807) is 11.4 Å². The van der Waals surface area contributed by atoms with Gasteiger partial charge in [-0.05, 0) is 30.5 Å². The molecule has 0 saturated carbocycles. The van der Waals surface area contributed by atoms with Crippen LogP contribution < -0.4 is 10.3 Å². The van der Waals surface area contributed by atoms with Gasteiger partial charge in [0, 0.05) is 4.90 Å². The van der Waals surface area contributed by atoms with Crippen molar-refractivity contribution in [3.8, 4) is 0 Å². The van der Waals surface area contributed by atoms with Gasteiger partial charge in [0.15, 0.2) is 0 Å². The molecule has 5 nitrogen and oxygen atoms in total. The molecule has 1 aromatic heterocycles. The summed E-state index contributed by atoms with van der Waals surface area (Å²) in [5, 5.41) is 1.66. The summed E-state index contributed by atoms with van der Waals surface area (Å²) >= 11 is 2.43. The van der Waals surface area contributed by atoms with Crippen LogP contribution in [0.5, 0.6) is 0 Å². The number of nitrogens with one attached hydrogen (secondary N) is 2. The second-order valence-electron chi connectivity index (χ2n) is 4.19. The Morgan fingerprint density at radius 1 is 1.24 bits per heavy atom. The average Bonchev–Trinajstić information content (AvgIpc) is 3.00. The second-order valence-corrected chi connectivity index (χ2v) is 8.09. The average molecular weight is 342 g/mol. The summed E-state index contributed by atoms with van der Waals surface area (Å²) in [6.45, 7) is 1.99. The lowest BCUT2D eigenvalue weighted by Crippen LogP contribution is -2.42. The van der Waals surface area contributed by atoms with Gasteiger partial charge >= 0.3 is 0 Å². The number of hydrazine groups is 1. The molecule has 21 heavy (non-hydrogen) atoms. The minimum Gasteiger partial charge on any atom is -0.277 e. The van der Waals surface area contributed by atoms with Crippen molar-refractivity contribution in [3.05, 3.63) is 47.3 Å². The molecule has 0 aliphatic heterocycles. The van der Waals surface area contributed by atoms with E-state index in [9.17, 15) is 13.2 Å². The van der Waals surface area contributed by atoms with Crippen LogP contribution in [0, 0.1) is 6.92 Å². The molecule has 2 rings (SSSR count). The molecule has 1 heterocycles. The Morgan fingerprint density at radius 3 is 2.57 bits per heavy atom. The van der Waals surface area contributed by atoms with Crippen LogP contribution in [0.2, 0.25) is 0 Å². The van der Waals surface area contributed by atoms with Crippen molar-refractivity contribution in [2.24, 2.45) is 0 Å². The van der Waals surface area contributed by atoms with E-state index in [0.29, 0.717) is 0 Å². The number of benzene rings is 1. The highest BCUT2D eigenvalue weighted by Crippen LogP contribution is 2.18. The quantitative estimate of drug-likeness (QED) is 0.623. The van der Waals surface area contributed by atoms with E-state index >= 15 is 0 Å². The minimum atomic E-state index is -3.67. The number of carbonyl (C=O) groups excluding carboxylic acids is 1. The fourth-order valence-electron chi connectivity index (χ4n) is 1.41. The van der Waals surface area contributed by atoms with E-state index in [4.69, 9.17) is 0 Å². The first-order chi connectivity index (χ1) is 9.97. The van der Waals surface area contributed by atoms with Gasteiger partial charge < -0.3 is 0 Å². The van der Waals surface area contributed by atoms with Gasteiger partial charge in [-0.15, -0.1) is 27.9 Å². The van der Waals surface area contributed by atoms with Gasteiger partial charge in [0.05, 0.1) is 5.75 Å². The van der Waals surface area contributed by atoms with Gasteiger partial charge in [0.25, 0.3) is 10.0 Å². The first-order valence-corrected chi connectivity index (χ1v) is 9.36. The largest absolute Gasteiger partial charge is 0.277 e. The molecule has 0 fully saturated rings. The van der Waals surface area contributed by atoms with Gasteiger partial charge in [0.1, 0.15) is 4.21 Å². The molecule has 0 aliphatic carbocycles. The Bertz CT molecular complexity index is 695. The zero-order valence-electron chi connectivity index (χ0n) is 11.2. The van der Waals surface area contributed by atoms with Gasteiger partial charge in [0.2, 0.25) is 5.91 Å². The van der Waals surface area contributed by atoms with Crippen molar-refractivity contribution >= 4 is 39.0 Å². The van der Waals surface area contributed by atoms with Crippen molar-refractivity contribution < 1.29 is 13.2 Å². The lowest BCUT2D eigenvalue weighted by atomic mass is 10.2. The summed E-state index contributed by atoms with van der Waals surface area (Å²) in [6, 6.07) is 10.9. The molecular formula is C13H14N2O3S3. The van der Waals surface area contributed by atoms with Crippen molar-refractivity contribution in [1.29, 1.82) is 0 Å². The van der Waals surface area contributed by atoms with Gasteiger partial charge in [-0.1, -0.05) is 23.8 Å². The van der Waals surface area contributed by atoms with Gasteiger partial charge in [-0.3, -0.25) is 10.2 Å². The van der Waals surface area contributed by atoms with E-state index in [0.717, 1.165) is 21.8 Å². The minimum absolute atomic E-state index is 0.135. The number of rotatable bonds is 6. The molecule has 8 heteroatoms. The molecule has 1 aromatic carbocycles. The molecule has 0 bridgehead atoms. The number of thioether (sulfide) groups is 1. The van der Waals surface area contributed by atoms with Crippen LogP contribution in [-0.4, -0.2) is 20.1 Å². The second kappa shape index (κ2) is 7.08. The smallest absolute Gasteiger partial charge is 0.266 e. The monoisotopic (exact) mass is 342 g/mol. The van der Waals surface area contributed by atoms with E-state index in [2.05, 4.69) is 10.3 Å². The first kappa shape index (κ1) is 16.0. The van der Waals surface area contributed by atoms with Crippen molar-refractivity contribution in [2.75, 3.05) is 5.75 Å². The Morgan fingerprint density at radius 2 is 1.95 bits per heavy atom. The van der Waals surface area contributed by atoms with Crippen molar-refractivity contribution in [1.82, 2.24) is 10.3 Å². The van der Waals surface area contributed by atoms with E-state index < -0.39 is 15.9 Å². The zero-order chi connectivity index (χ0) is 15.3. The van der Waals surface area contributed by atoms with Gasteiger partial charge in [-0.25, -0.2) is 8.42 Å². The van der Waals surface area contributed by atoms with Crippen LogP contribution >= 0.6 is 23.1 Å². The summed E-state index contributed by atoms with van der Waals surface area (Å²) in [5.74, 6) is -0.267. The number of thiophene rings is 1. The summed E-state index contributed by atoms with van der Waals surface area (Å²) in [5.41, 5.74) is 3.35. The third kappa shape index (κ3) is 4.85. The number of aryl methyl sites for hydroxylation is 1. The predicted octanol–water partition coefficient (Wildman–Crippen LogP) is 2.16. The van der Waals surface area contributed by atoms with Crippen LogP contribution in [0.15, 0.2) is 50.9 Å². The lowest BCUT2D eigenvalue weighted by molar-refractivity contribution is -0.119. The lowest BCUT2D eigenvalue weighted by Gasteiger charge is -2.07. The third-order valence-electron chi connectivity index (χ3n) is 2.48. The SMILES string of the molecule is Cc1ccc(SCC(=O)NNS(=O)(=O)c2cccs2)cc1. The van der Waals surface area contributed by atoms with Crippen LogP contribution in [0.3, 0.4) is 0 Å². The maximum atomic E-state index is 11.8. The normalized spacial score (nSPS) is 11.3. The van der Waals surface area contributed by atoms with Crippen LogP contribution in [0.25, 0.3) is 0 Å². The molecule has 0 atom stereocenters. The zero-order valence-corrected chi connectivity index (χ0v) is 13.6. The summed E-state index contributed by atoms with van der Waals surface area (Å²) in [7, 11) is -3.67. The Labute approximate surface area is 131 Å². The highest BCUT2D eigenvalue weighted by Gasteiger charge is 2.15. The number of amides is 1. The molecule has 0 aliphatic rings. The van der Waals surface area contributed by atoms with Crippen molar-refractivity contribution in [2.45, 2.75) is 16.0 Å². The first-order valence-electron chi connectivity index (χ1n) is 6.01. The van der Waals surface area contributed by atoms with E-state index in [1.165, 1.54) is 17.8 Å². The summed E-state index contributed by atoms with van der Waals surface area (Å²) < 4.78 is 23.7. The molecule has 0 unspecified atom stereocenters. The van der Waals surface area contributed by atoms with E-state index in [-0.39, 0.29) is 9.96 Å². The highest BCUT2D eigenvalue weighted by atomic mass is 32.2. The Hall–Kier alpha value is -1.35. The molecule has 1 amide bonds. The molecule has 0 saturated heterocycles. The predicted molar refractivity (Wildman–Crippen MR) is 84.7 cm³/mol. The molecule has 2 aromatic rings. The topological polar surface area (TPSA) is 75.3 Å². The summed E-state index contributed by atoms with van der Waals surface area (Å²) in [6.07, 6.45) is 0. The number of hydrogen-bond donors (Lipinski definition) is 2. The van der Waals surface area contributed by atoms with Crippen LogP contribution in [0.4, 0.5) is 0 Å². The van der Waals surface area contributed by atoms with Gasteiger partial charge in [-0.2, -0.15) is 0 Å². The summed E-state index contributed by atoms with van der Waals surface area (Å²) in [4.78, 5) is 14.7. The number of hydrogen-bond acceptors (Lipinski definition) is 5. The fourth-order valence-corrected chi connectivity index (χ4v) is 3.96. The molecular weight excluding hydrogens is 328 g/mol. The van der Waals surface area contributed by atoms with Crippen LogP contribution in [0.1, 0.15) is 5.56 Å². The molecule has 0 radical (unpaired) electrons. The molecule has 0 spiro atoms. The van der Waals surface area contributed by atoms with Crippen molar-refractivity contribution in [3.63, 3.8) is 0 Å². The maximum absolute atomic E-state index is 11.8. The number of sulfonamides is 1. The standard InChI is InChI=1S/C13H14N2O3S3/c1-10-4-6-11(7-5-10)20-9-12(16)14-15-21(17,18)13-3-2-8-19-13/h2-8,15H,9H2,1H3,(H,14,16).